The molecular weight excluding hydrogens is 355 g/mol. The number of anilines is 1. The van der Waals surface area contributed by atoms with Gasteiger partial charge in [-0.2, -0.15) is 0 Å². The van der Waals surface area contributed by atoms with E-state index in [1.54, 1.807) is 4.90 Å². The number of hydrazine groups is 1. The van der Waals surface area contributed by atoms with E-state index in [4.69, 9.17) is 23.8 Å². The first kappa shape index (κ1) is 15.1. The molecule has 1 aromatic heterocycles. The minimum absolute atomic E-state index is 0.346. The highest BCUT2D eigenvalue weighted by molar-refractivity contribution is 7.80. The Hall–Kier alpha value is -1.44. The number of hydrogen-bond donors (Lipinski definition) is 0. The van der Waals surface area contributed by atoms with Crippen LogP contribution in [0.1, 0.15) is 17.8 Å². The standard InChI is InChI=1S/C15H14ClFN4S2/c1-8-18-12-13(11(17)7-10(16)14(12)23-8)21-9(2)19-5-3-4-6-20(19)15(21)22/h7H,2-6H2,1H3. The molecule has 0 atom stereocenters. The summed E-state index contributed by atoms with van der Waals surface area (Å²) in [7, 11) is 0. The van der Waals surface area contributed by atoms with Gasteiger partial charge in [-0.1, -0.05) is 18.2 Å². The summed E-state index contributed by atoms with van der Waals surface area (Å²) >= 11 is 13.2. The van der Waals surface area contributed by atoms with Crippen LogP contribution in [0.3, 0.4) is 0 Å². The number of aryl methyl sites for hydroxylation is 1. The van der Waals surface area contributed by atoms with E-state index in [1.807, 2.05) is 16.9 Å². The summed E-state index contributed by atoms with van der Waals surface area (Å²) in [6.45, 7) is 7.66. The third-order valence-electron chi connectivity index (χ3n) is 4.13. The van der Waals surface area contributed by atoms with Gasteiger partial charge in [-0.15, -0.1) is 11.3 Å². The maximum atomic E-state index is 14.8. The Kier molecular flexibility index (Phi) is 3.48. The fourth-order valence-electron chi connectivity index (χ4n) is 3.12. The molecule has 2 aliphatic rings. The van der Waals surface area contributed by atoms with Crippen molar-refractivity contribution in [2.45, 2.75) is 19.8 Å². The Bertz CT molecular complexity index is 826. The van der Waals surface area contributed by atoms with Crippen LogP contribution >= 0.6 is 35.2 Å². The fourth-order valence-corrected chi connectivity index (χ4v) is 4.63. The second kappa shape index (κ2) is 5.29. The summed E-state index contributed by atoms with van der Waals surface area (Å²) in [6, 6.07) is 1.33. The first-order valence-electron chi connectivity index (χ1n) is 7.32. The number of fused-ring (bicyclic) bond motifs is 2. The van der Waals surface area contributed by atoms with Crippen molar-refractivity contribution in [2.24, 2.45) is 0 Å². The lowest BCUT2D eigenvalue weighted by molar-refractivity contribution is 0.0757. The van der Waals surface area contributed by atoms with Crippen LogP contribution in [0.2, 0.25) is 5.02 Å². The van der Waals surface area contributed by atoms with Crippen LogP contribution < -0.4 is 4.90 Å². The van der Waals surface area contributed by atoms with Gasteiger partial charge in [0.05, 0.1) is 14.7 Å². The predicted molar refractivity (Wildman–Crippen MR) is 96.2 cm³/mol. The number of benzene rings is 1. The quantitative estimate of drug-likeness (QED) is 0.698. The third kappa shape index (κ3) is 2.14. The molecule has 0 bridgehead atoms. The van der Waals surface area contributed by atoms with Crippen LogP contribution in [-0.2, 0) is 0 Å². The van der Waals surface area contributed by atoms with E-state index in [-0.39, 0.29) is 0 Å². The van der Waals surface area contributed by atoms with E-state index in [2.05, 4.69) is 11.6 Å². The van der Waals surface area contributed by atoms with Crippen LogP contribution in [0.5, 0.6) is 0 Å². The zero-order valence-corrected chi connectivity index (χ0v) is 14.9. The summed E-state index contributed by atoms with van der Waals surface area (Å²) in [5.74, 6) is 0.236. The molecule has 3 heterocycles. The SMILES string of the molecule is C=C1N(c2c(F)cc(Cl)c3sc(C)nc23)C(=S)N2CCCCN12. The fraction of sp³-hybridized carbons (Fsp3) is 0.333. The highest BCUT2D eigenvalue weighted by atomic mass is 35.5. The maximum Gasteiger partial charge on any atom is 0.201 e. The number of rotatable bonds is 1. The van der Waals surface area contributed by atoms with Gasteiger partial charge in [0.1, 0.15) is 17.0 Å². The van der Waals surface area contributed by atoms with Crippen molar-refractivity contribution >= 4 is 56.2 Å². The largest absolute Gasteiger partial charge is 0.268 e. The first-order valence-corrected chi connectivity index (χ1v) is 8.92. The van der Waals surface area contributed by atoms with E-state index < -0.39 is 5.82 Å². The lowest BCUT2D eigenvalue weighted by Gasteiger charge is -2.33. The van der Waals surface area contributed by atoms with E-state index >= 15 is 0 Å². The summed E-state index contributed by atoms with van der Waals surface area (Å²) in [6.07, 6.45) is 2.13. The van der Waals surface area contributed by atoms with Gasteiger partial charge in [0, 0.05) is 13.1 Å². The van der Waals surface area contributed by atoms with E-state index in [1.165, 1.54) is 17.4 Å². The molecule has 4 nitrogen and oxygen atoms in total. The second-order valence-corrected chi connectivity index (χ2v) is 7.56. The van der Waals surface area contributed by atoms with Gasteiger partial charge in [0.2, 0.25) is 5.11 Å². The minimum Gasteiger partial charge on any atom is -0.268 e. The van der Waals surface area contributed by atoms with Crippen LogP contribution in [0.15, 0.2) is 18.5 Å². The van der Waals surface area contributed by atoms with Gasteiger partial charge in [-0.05, 0) is 38.0 Å². The molecule has 120 valence electrons. The number of nitrogens with zero attached hydrogens (tertiary/aromatic N) is 4. The lowest BCUT2D eigenvalue weighted by atomic mass is 10.2. The van der Waals surface area contributed by atoms with Crippen LogP contribution in [0.4, 0.5) is 10.1 Å². The zero-order valence-electron chi connectivity index (χ0n) is 12.5. The maximum absolute atomic E-state index is 14.8. The van der Waals surface area contributed by atoms with E-state index in [0.29, 0.717) is 27.2 Å². The Labute approximate surface area is 147 Å². The second-order valence-electron chi connectivity index (χ2n) is 5.59. The van der Waals surface area contributed by atoms with Crippen LogP contribution in [0, 0.1) is 12.7 Å². The van der Waals surface area contributed by atoms with Crippen molar-refractivity contribution in [3.8, 4) is 0 Å². The number of thiocarbonyl (C=S) groups is 1. The van der Waals surface area contributed by atoms with Crippen LogP contribution in [0.25, 0.3) is 10.2 Å². The van der Waals surface area contributed by atoms with Crippen molar-refractivity contribution in [3.63, 3.8) is 0 Å². The van der Waals surface area contributed by atoms with Gasteiger partial charge in [-0.3, -0.25) is 14.9 Å². The molecule has 0 N–H and O–H groups in total. The zero-order chi connectivity index (χ0) is 16.3. The predicted octanol–water partition coefficient (Wildman–Crippen LogP) is 4.29. The Balaban J connectivity index is 1.92. The summed E-state index contributed by atoms with van der Waals surface area (Å²) in [5, 5.41) is 5.76. The highest BCUT2D eigenvalue weighted by Gasteiger charge is 2.40. The molecule has 1 aromatic carbocycles. The molecule has 8 heteroatoms. The molecule has 2 saturated heterocycles. The first-order chi connectivity index (χ1) is 11.0. The van der Waals surface area contributed by atoms with Gasteiger partial charge in [0.15, 0.2) is 5.82 Å². The smallest absolute Gasteiger partial charge is 0.201 e. The Morgan fingerprint density at radius 1 is 1.35 bits per heavy atom. The van der Waals surface area contributed by atoms with Crippen molar-refractivity contribution in [2.75, 3.05) is 18.0 Å². The van der Waals surface area contributed by atoms with Crippen molar-refractivity contribution in [1.82, 2.24) is 15.0 Å². The van der Waals surface area contributed by atoms with E-state index in [0.717, 1.165) is 35.6 Å². The van der Waals surface area contributed by atoms with Gasteiger partial charge in [-0.25, -0.2) is 9.37 Å². The molecule has 2 fully saturated rings. The van der Waals surface area contributed by atoms with Gasteiger partial charge in [0.25, 0.3) is 0 Å². The van der Waals surface area contributed by atoms with Crippen molar-refractivity contribution < 1.29 is 4.39 Å². The summed E-state index contributed by atoms with van der Waals surface area (Å²) < 4.78 is 15.5. The van der Waals surface area contributed by atoms with Gasteiger partial charge < -0.3 is 0 Å². The molecule has 4 rings (SSSR count). The molecule has 0 saturated carbocycles. The third-order valence-corrected chi connectivity index (χ3v) is 5.94. The number of aromatic nitrogens is 1. The van der Waals surface area contributed by atoms with Crippen molar-refractivity contribution in [3.05, 3.63) is 34.3 Å². The Morgan fingerprint density at radius 3 is 2.74 bits per heavy atom. The molecule has 0 amide bonds. The molecule has 0 radical (unpaired) electrons. The average Bonchev–Trinajstić information content (AvgIpc) is 3.02. The molecule has 0 unspecified atom stereocenters. The lowest BCUT2D eigenvalue weighted by Crippen LogP contribution is -2.42. The number of thiazole rings is 1. The Morgan fingerprint density at radius 2 is 2.04 bits per heavy atom. The molecular formula is C15H14ClFN4S2. The van der Waals surface area contributed by atoms with Crippen molar-refractivity contribution in [1.29, 1.82) is 0 Å². The molecule has 0 aliphatic carbocycles. The average molecular weight is 369 g/mol. The minimum atomic E-state index is -0.433. The summed E-state index contributed by atoms with van der Waals surface area (Å²) in [4.78, 5) is 6.17. The molecule has 23 heavy (non-hydrogen) atoms. The van der Waals surface area contributed by atoms with Crippen LogP contribution in [-0.4, -0.2) is 33.2 Å². The topological polar surface area (TPSA) is 22.6 Å². The number of hydrogen-bond acceptors (Lipinski definition) is 4. The normalized spacial score (nSPS) is 18.3. The van der Waals surface area contributed by atoms with E-state index in [9.17, 15) is 4.39 Å². The molecule has 0 spiro atoms. The summed E-state index contributed by atoms with van der Waals surface area (Å²) in [5.41, 5.74) is 0.889. The highest BCUT2D eigenvalue weighted by Crippen LogP contribution is 2.42. The number of halogens is 2. The molecule has 2 aliphatic heterocycles. The monoisotopic (exact) mass is 368 g/mol. The molecule has 2 aromatic rings. The van der Waals surface area contributed by atoms with Gasteiger partial charge >= 0.3 is 0 Å².